The molecule has 0 aliphatic carbocycles. The first kappa shape index (κ1) is 14.5. The lowest BCUT2D eigenvalue weighted by atomic mass is 10.1. The molecular formula is C16H25FN2. The maximum Gasteiger partial charge on any atom is 0.127 e. The largest absolute Gasteiger partial charge is 0.310 e. The highest BCUT2D eigenvalue weighted by Crippen LogP contribution is 2.17. The highest BCUT2D eigenvalue weighted by Gasteiger charge is 2.13. The zero-order chi connectivity index (χ0) is 13.7. The van der Waals surface area contributed by atoms with Gasteiger partial charge in [-0.05, 0) is 37.6 Å². The summed E-state index contributed by atoms with van der Waals surface area (Å²) in [4.78, 5) is 2.36. The van der Waals surface area contributed by atoms with Crippen LogP contribution in [0, 0.1) is 5.82 Å². The number of likely N-dealkylation sites (tertiary alicyclic amines) is 1. The number of nitrogens with one attached hydrogen (secondary N) is 1. The van der Waals surface area contributed by atoms with Crippen LogP contribution in [0.25, 0.3) is 0 Å². The van der Waals surface area contributed by atoms with Crippen LogP contribution in [0.3, 0.4) is 0 Å². The highest BCUT2D eigenvalue weighted by atomic mass is 19.1. The Labute approximate surface area is 116 Å². The maximum absolute atomic E-state index is 13.9. The smallest absolute Gasteiger partial charge is 0.127 e. The zero-order valence-electron chi connectivity index (χ0n) is 12.1. The first-order valence-corrected chi connectivity index (χ1v) is 7.38. The molecule has 0 spiro atoms. The van der Waals surface area contributed by atoms with E-state index in [2.05, 4.69) is 24.1 Å². The van der Waals surface area contributed by atoms with Crippen molar-refractivity contribution in [3.8, 4) is 0 Å². The highest BCUT2D eigenvalue weighted by molar-refractivity contribution is 5.25. The van der Waals surface area contributed by atoms with Gasteiger partial charge in [-0.3, -0.25) is 4.90 Å². The number of nitrogens with zero attached hydrogens (tertiary/aromatic N) is 1. The van der Waals surface area contributed by atoms with Crippen LogP contribution in [0.4, 0.5) is 4.39 Å². The molecule has 0 amide bonds. The Morgan fingerprint density at radius 3 is 2.63 bits per heavy atom. The Morgan fingerprint density at radius 1 is 1.21 bits per heavy atom. The number of halogens is 1. The fourth-order valence-corrected chi connectivity index (χ4v) is 2.54. The van der Waals surface area contributed by atoms with E-state index in [9.17, 15) is 4.39 Å². The lowest BCUT2D eigenvalue weighted by molar-refractivity contribution is 0.218. The summed E-state index contributed by atoms with van der Waals surface area (Å²) in [6.45, 7) is 8.02. The molecule has 1 N–H and O–H groups in total. The molecule has 2 nitrogen and oxygen atoms in total. The monoisotopic (exact) mass is 264 g/mol. The molecule has 2 rings (SSSR count). The van der Waals surface area contributed by atoms with E-state index < -0.39 is 0 Å². The Balaban J connectivity index is 1.99. The summed E-state index contributed by atoms with van der Waals surface area (Å²) in [6, 6.07) is 5.95. The molecule has 0 unspecified atom stereocenters. The summed E-state index contributed by atoms with van der Waals surface area (Å²) in [7, 11) is 0. The first-order valence-electron chi connectivity index (χ1n) is 7.38. The molecule has 106 valence electrons. The van der Waals surface area contributed by atoms with E-state index >= 15 is 0 Å². The van der Waals surface area contributed by atoms with Crippen LogP contribution >= 0.6 is 0 Å². The van der Waals surface area contributed by atoms with Gasteiger partial charge in [0, 0.05) is 24.7 Å². The molecule has 1 saturated heterocycles. The molecule has 1 aliphatic rings. The van der Waals surface area contributed by atoms with Gasteiger partial charge in [-0.15, -0.1) is 0 Å². The fraction of sp³-hybridized carbons (Fsp3) is 0.625. The van der Waals surface area contributed by atoms with Gasteiger partial charge >= 0.3 is 0 Å². The molecule has 1 aromatic carbocycles. The van der Waals surface area contributed by atoms with Crippen molar-refractivity contribution in [1.82, 2.24) is 10.2 Å². The second-order valence-electron chi connectivity index (χ2n) is 5.80. The Bertz CT molecular complexity index is 398. The zero-order valence-corrected chi connectivity index (χ0v) is 12.1. The summed E-state index contributed by atoms with van der Waals surface area (Å²) in [5.41, 5.74) is 2.01. The molecule has 1 aromatic rings. The van der Waals surface area contributed by atoms with Gasteiger partial charge in [-0.1, -0.05) is 32.4 Å². The van der Waals surface area contributed by atoms with Crippen molar-refractivity contribution < 1.29 is 4.39 Å². The fourth-order valence-electron chi connectivity index (χ4n) is 2.54. The van der Waals surface area contributed by atoms with E-state index in [1.807, 2.05) is 12.1 Å². The normalized spacial score (nSPS) is 17.1. The van der Waals surface area contributed by atoms with Gasteiger partial charge in [0.1, 0.15) is 5.82 Å². The molecule has 0 bridgehead atoms. The van der Waals surface area contributed by atoms with Crippen LogP contribution in [-0.2, 0) is 13.1 Å². The second kappa shape index (κ2) is 7.01. The Kier molecular flexibility index (Phi) is 5.34. The van der Waals surface area contributed by atoms with Crippen molar-refractivity contribution in [1.29, 1.82) is 0 Å². The molecule has 0 saturated carbocycles. The number of hydrogen-bond acceptors (Lipinski definition) is 2. The molecule has 1 aliphatic heterocycles. The molecular weight excluding hydrogens is 239 g/mol. The second-order valence-corrected chi connectivity index (χ2v) is 5.80. The number of piperidine rings is 1. The van der Waals surface area contributed by atoms with E-state index in [-0.39, 0.29) is 5.82 Å². The van der Waals surface area contributed by atoms with Crippen LogP contribution in [0.1, 0.15) is 44.2 Å². The predicted molar refractivity (Wildman–Crippen MR) is 77.5 cm³/mol. The van der Waals surface area contributed by atoms with E-state index in [0.717, 1.165) is 31.7 Å². The van der Waals surface area contributed by atoms with Crippen LogP contribution in [-0.4, -0.2) is 24.0 Å². The minimum Gasteiger partial charge on any atom is -0.310 e. The maximum atomic E-state index is 13.9. The van der Waals surface area contributed by atoms with E-state index in [4.69, 9.17) is 0 Å². The van der Waals surface area contributed by atoms with Crippen molar-refractivity contribution >= 4 is 0 Å². The quantitative estimate of drug-likeness (QED) is 0.877. The minimum absolute atomic E-state index is 0.0705. The molecule has 19 heavy (non-hydrogen) atoms. The molecule has 3 heteroatoms. The molecule has 0 aromatic heterocycles. The van der Waals surface area contributed by atoms with Crippen LogP contribution in [0.15, 0.2) is 18.2 Å². The third-order valence-corrected chi connectivity index (χ3v) is 3.67. The molecule has 1 heterocycles. The van der Waals surface area contributed by atoms with Crippen LogP contribution in [0.2, 0.25) is 0 Å². The van der Waals surface area contributed by atoms with Crippen molar-refractivity contribution in [2.24, 2.45) is 0 Å². The summed E-state index contributed by atoms with van der Waals surface area (Å²) < 4.78 is 13.9. The topological polar surface area (TPSA) is 15.3 Å². The van der Waals surface area contributed by atoms with Crippen LogP contribution < -0.4 is 5.32 Å². The average Bonchev–Trinajstić information content (AvgIpc) is 2.41. The van der Waals surface area contributed by atoms with Crippen LogP contribution in [0.5, 0.6) is 0 Å². The summed E-state index contributed by atoms with van der Waals surface area (Å²) in [5, 5.41) is 3.38. The lowest BCUT2D eigenvalue weighted by Gasteiger charge is -2.26. The lowest BCUT2D eigenvalue weighted by Crippen LogP contribution is -2.29. The standard InChI is InChI=1S/C16H25FN2/c1-13(2)18-11-14-6-7-16(17)15(10-14)12-19-8-4-3-5-9-19/h6-7,10,13,18H,3-5,8-9,11-12H2,1-2H3. The summed E-state index contributed by atoms with van der Waals surface area (Å²) in [6.07, 6.45) is 3.81. The Hall–Kier alpha value is -0.930. The Morgan fingerprint density at radius 2 is 1.95 bits per heavy atom. The predicted octanol–water partition coefficient (Wildman–Crippen LogP) is 3.31. The number of hydrogen-bond donors (Lipinski definition) is 1. The first-order chi connectivity index (χ1) is 9.15. The number of benzene rings is 1. The SMILES string of the molecule is CC(C)NCc1ccc(F)c(CN2CCCCC2)c1. The van der Waals surface area contributed by atoms with Crippen molar-refractivity contribution in [2.75, 3.05) is 13.1 Å². The minimum atomic E-state index is -0.0705. The molecule has 0 radical (unpaired) electrons. The van der Waals surface area contributed by atoms with E-state index in [1.54, 1.807) is 6.07 Å². The van der Waals surface area contributed by atoms with E-state index in [0.29, 0.717) is 6.04 Å². The van der Waals surface area contributed by atoms with Gasteiger partial charge in [0.2, 0.25) is 0 Å². The van der Waals surface area contributed by atoms with Gasteiger partial charge in [-0.2, -0.15) is 0 Å². The summed E-state index contributed by atoms with van der Waals surface area (Å²) in [5.74, 6) is -0.0705. The molecule has 0 atom stereocenters. The van der Waals surface area contributed by atoms with Gasteiger partial charge in [-0.25, -0.2) is 4.39 Å². The summed E-state index contributed by atoms with van der Waals surface area (Å²) >= 11 is 0. The third kappa shape index (κ3) is 4.59. The third-order valence-electron chi connectivity index (χ3n) is 3.67. The number of rotatable bonds is 5. The van der Waals surface area contributed by atoms with Gasteiger partial charge in [0.25, 0.3) is 0 Å². The van der Waals surface area contributed by atoms with Crippen molar-refractivity contribution in [3.05, 3.63) is 35.1 Å². The average molecular weight is 264 g/mol. The molecule has 1 fully saturated rings. The van der Waals surface area contributed by atoms with Gasteiger partial charge in [0.15, 0.2) is 0 Å². The van der Waals surface area contributed by atoms with Crippen molar-refractivity contribution in [3.63, 3.8) is 0 Å². The van der Waals surface area contributed by atoms with Crippen molar-refractivity contribution in [2.45, 2.75) is 52.2 Å². The van der Waals surface area contributed by atoms with Gasteiger partial charge in [0.05, 0.1) is 0 Å². The van der Waals surface area contributed by atoms with E-state index in [1.165, 1.54) is 24.8 Å². The van der Waals surface area contributed by atoms with Gasteiger partial charge < -0.3 is 5.32 Å².